The number of aromatic nitrogens is 2. The molecule has 0 unspecified atom stereocenters. The quantitative estimate of drug-likeness (QED) is 0.617. The largest absolute Gasteiger partial charge is 0.331 e. The van der Waals surface area contributed by atoms with E-state index in [1.54, 1.807) is 6.92 Å². The molecule has 0 N–H and O–H groups in total. The number of hydrogen-bond acceptors (Lipinski definition) is 3. The van der Waals surface area contributed by atoms with Gasteiger partial charge in [0.1, 0.15) is 0 Å². The Balaban J connectivity index is 3.73. The molecule has 15 heavy (non-hydrogen) atoms. The van der Waals surface area contributed by atoms with Gasteiger partial charge < -0.3 is 0 Å². The van der Waals surface area contributed by atoms with E-state index in [0.29, 0.717) is 30.1 Å². The van der Waals surface area contributed by atoms with Gasteiger partial charge in [0.05, 0.1) is 5.03 Å². The molecule has 0 fully saturated rings. The zero-order valence-corrected chi connectivity index (χ0v) is 10.2. The predicted molar refractivity (Wildman–Crippen MR) is 62.9 cm³/mol. The molecule has 0 aromatic carbocycles. The molecule has 1 aromatic rings. The van der Waals surface area contributed by atoms with Crippen LogP contribution in [0.5, 0.6) is 0 Å². The van der Waals surface area contributed by atoms with E-state index >= 15 is 0 Å². The van der Waals surface area contributed by atoms with Gasteiger partial charge in [-0.25, -0.2) is 4.79 Å². The average molecular weight is 228 g/mol. The van der Waals surface area contributed by atoms with Crippen molar-refractivity contribution >= 4 is 12.6 Å². The molecule has 4 nitrogen and oxygen atoms in total. The lowest BCUT2D eigenvalue weighted by Crippen LogP contribution is -2.41. The fraction of sp³-hybridized carbons (Fsp3) is 0.600. The molecule has 0 radical (unpaired) electrons. The van der Waals surface area contributed by atoms with Crippen molar-refractivity contribution in [2.24, 2.45) is 0 Å². The number of hydrogen-bond donors (Lipinski definition) is 1. The first kappa shape index (κ1) is 12.1. The molecule has 1 aromatic heterocycles. The number of nitrogens with zero attached hydrogens (tertiary/aromatic N) is 2. The summed E-state index contributed by atoms with van der Waals surface area (Å²) < 4.78 is 2.77. The molecule has 0 atom stereocenters. The Labute approximate surface area is 94.0 Å². The number of thiol groups is 1. The Morgan fingerprint density at radius 1 is 1.07 bits per heavy atom. The van der Waals surface area contributed by atoms with Crippen LogP contribution in [0.1, 0.15) is 26.3 Å². The topological polar surface area (TPSA) is 44.0 Å². The molecule has 0 aliphatic rings. The molecule has 0 saturated heterocycles. The van der Waals surface area contributed by atoms with Gasteiger partial charge in [0.15, 0.2) is 0 Å². The Morgan fingerprint density at radius 2 is 1.60 bits per heavy atom. The molecule has 0 aliphatic heterocycles. The van der Waals surface area contributed by atoms with E-state index in [9.17, 15) is 9.59 Å². The summed E-state index contributed by atoms with van der Waals surface area (Å²) in [6.45, 7) is 6.48. The molecule has 0 aliphatic carbocycles. The van der Waals surface area contributed by atoms with Gasteiger partial charge in [-0.05, 0) is 20.3 Å². The number of rotatable bonds is 3. The highest BCUT2D eigenvalue weighted by Crippen LogP contribution is 2.07. The van der Waals surface area contributed by atoms with E-state index in [-0.39, 0.29) is 11.2 Å². The monoisotopic (exact) mass is 228 g/mol. The van der Waals surface area contributed by atoms with Gasteiger partial charge in [0.25, 0.3) is 5.56 Å². The Morgan fingerprint density at radius 3 is 2.00 bits per heavy atom. The molecule has 0 spiro atoms. The summed E-state index contributed by atoms with van der Waals surface area (Å²) in [4.78, 5) is 23.7. The fourth-order valence-electron chi connectivity index (χ4n) is 1.62. The molecule has 1 rings (SSSR count). The van der Waals surface area contributed by atoms with Crippen LogP contribution >= 0.6 is 12.6 Å². The Kier molecular flexibility index (Phi) is 3.79. The smallest absolute Gasteiger partial charge is 0.288 e. The van der Waals surface area contributed by atoms with Crippen molar-refractivity contribution < 1.29 is 0 Å². The second-order valence-corrected chi connectivity index (χ2v) is 3.66. The van der Waals surface area contributed by atoms with Crippen LogP contribution in [0.15, 0.2) is 14.6 Å². The van der Waals surface area contributed by atoms with E-state index in [1.807, 2.05) is 13.8 Å². The van der Waals surface area contributed by atoms with Crippen LogP contribution in [0.3, 0.4) is 0 Å². The summed E-state index contributed by atoms with van der Waals surface area (Å²) in [5.74, 6) is 0. The maximum absolute atomic E-state index is 11.8. The van der Waals surface area contributed by atoms with Gasteiger partial charge in [-0.15, -0.1) is 12.6 Å². The summed E-state index contributed by atoms with van der Waals surface area (Å²) in [5.41, 5.74) is 0.133. The first-order valence-corrected chi connectivity index (χ1v) is 5.58. The molecule has 1 heterocycles. The van der Waals surface area contributed by atoms with Crippen LogP contribution < -0.4 is 11.2 Å². The van der Waals surface area contributed by atoms with Crippen molar-refractivity contribution in [3.8, 4) is 0 Å². The Bertz CT molecular complexity index is 434. The van der Waals surface area contributed by atoms with Crippen LogP contribution in [0.2, 0.25) is 0 Å². The SMILES string of the molecule is CCc1c(S)n(CC)c(=O)n(CC)c1=O. The average Bonchev–Trinajstić information content (AvgIpc) is 2.19. The van der Waals surface area contributed by atoms with Gasteiger partial charge in [0.2, 0.25) is 0 Å². The van der Waals surface area contributed by atoms with Gasteiger partial charge in [-0.3, -0.25) is 13.9 Å². The Hall–Kier alpha value is -0.970. The van der Waals surface area contributed by atoms with Crippen molar-refractivity contribution in [2.45, 2.75) is 45.3 Å². The molecule has 5 heteroatoms. The van der Waals surface area contributed by atoms with Crippen LogP contribution in [0.4, 0.5) is 0 Å². The summed E-state index contributed by atoms with van der Waals surface area (Å²) in [7, 11) is 0. The zero-order chi connectivity index (χ0) is 11.6. The lowest BCUT2D eigenvalue weighted by Gasteiger charge is -2.13. The van der Waals surface area contributed by atoms with Gasteiger partial charge in [-0.1, -0.05) is 6.92 Å². The molecule has 84 valence electrons. The van der Waals surface area contributed by atoms with E-state index in [2.05, 4.69) is 12.6 Å². The molecule has 0 bridgehead atoms. The third-order valence-corrected chi connectivity index (χ3v) is 2.99. The van der Waals surface area contributed by atoms with E-state index in [0.717, 1.165) is 0 Å². The standard InChI is InChI=1S/C10H16N2O2S/c1-4-7-8(13)11(5-2)10(14)12(6-3)9(7)15/h15H,4-6H2,1-3H3. The maximum Gasteiger partial charge on any atom is 0.331 e. The van der Waals surface area contributed by atoms with Crippen LogP contribution in [0.25, 0.3) is 0 Å². The van der Waals surface area contributed by atoms with Gasteiger partial charge >= 0.3 is 5.69 Å². The highest BCUT2D eigenvalue weighted by atomic mass is 32.1. The van der Waals surface area contributed by atoms with Crippen LogP contribution in [0, 0.1) is 0 Å². The van der Waals surface area contributed by atoms with E-state index < -0.39 is 0 Å². The predicted octanol–water partition coefficient (Wildman–Crippen LogP) is 0.901. The molecular weight excluding hydrogens is 212 g/mol. The zero-order valence-electron chi connectivity index (χ0n) is 9.28. The highest BCUT2D eigenvalue weighted by molar-refractivity contribution is 7.80. The summed E-state index contributed by atoms with van der Waals surface area (Å²) in [6, 6.07) is 0. The lowest BCUT2D eigenvalue weighted by atomic mass is 10.2. The van der Waals surface area contributed by atoms with Crippen molar-refractivity contribution in [2.75, 3.05) is 0 Å². The molecular formula is C10H16N2O2S. The molecule has 0 saturated carbocycles. The summed E-state index contributed by atoms with van der Waals surface area (Å²) in [6.07, 6.45) is 0.595. The normalized spacial score (nSPS) is 10.7. The van der Waals surface area contributed by atoms with Crippen molar-refractivity contribution in [1.82, 2.24) is 9.13 Å². The third-order valence-electron chi connectivity index (χ3n) is 2.48. The van der Waals surface area contributed by atoms with Crippen molar-refractivity contribution in [3.05, 3.63) is 26.4 Å². The van der Waals surface area contributed by atoms with Gasteiger partial charge in [-0.2, -0.15) is 0 Å². The second kappa shape index (κ2) is 4.70. The third kappa shape index (κ3) is 1.88. The summed E-state index contributed by atoms with van der Waals surface area (Å²) >= 11 is 4.25. The lowest BCUT2D eigenvalue weighted by molar-refractivity contribution is 0.537. The minimum atomic E-state index is -0.271. The van der Waals surface area contributed by atoms with Crippen LogP contribution in [-0.2, 0) is 19.5 Å². The maximum atomic E-state index is 11.8. The first-order chi connectivity index (χ1) is 7.08. The minimum absolute atomic E-state index is 0.209. The first-order valence-electron chi connectivity index (χ1n) is 5.13. The molecule has 0 amide bonds. The summed E-state index contributed by atoms with van der Waals surface area (Å²) in [5, 5.41) is 0.500. The van der Waals surface area contributed by atoms with Crippen molar-refractivity contribution in [3.63, 3.8) is 0 Å². The van der Waals surface area contributed by atoms with E-state index in [4.69, 9.17) is 0 Å². The minimum Gasteiger partial charge on any atom is -0.288 e. The second-order valence-electron chi connectivity index (χ2n) is 3.23. The highest BCUT2D eigenvalue weighted by Gasteiger charge is 2.13. The van der Waals surface area contributed by atoms with Crippen LogP contribution in [-0.4, -0.2) is 9.13 Å². The van der Waals surface area contributed by atoms with E-state index in [1.165, 1.54) is 9.13 Å². The van der Waals surface area contributed by atoms with Crippen molar-refractivity contribution in [1.29, 1.82) is 0 Å². The fourth-order valence-corrected chi connectivity index (χ4v) is 2.10. The van der Waals surface area contributed by atoms with Gasteiger partial charge in [0, 0.05) is 18.7 Å².